The van der Waals surface area contributed by atoms with E-state index in [2.05, 4.69) is 0 Å². The Morgan fingerprint density at radius 1 is 1.35 bits per heavy atom. The third-order valence-electron chi connectivity index (χ3n) is 4.63. The van der Waals surface area contributed by atoms with Gasteiger partial charge in [-0.3, -0.25) is 4.79 Å². The van der Waals surface area contributed by atoms with E-state index >= 15 is 0 Å². The second-order valence-corrected chi connectivity index (χ2v) is 8.29. The minimum Gasteiger partial charge on any atom is -0.377 e. The molecule has 5 nitrogen and oxygen atoms in total. The number of morpholine rings is 1. The highest BCUT2D eigenvalue weighted by molar-refractivity contribution is 7.90. The molecule has 23 heavy (non-hydrogen) atoms. The van der Waals surface area contributed by atoms with Gasteiger partial charge in [0.25, 0.3) is 5.91 Å². The predicted octanol–water partition coefficient (Wildman–Crippen LogP) is 2.29. The fraction of sp³-hybridized carbons (Fsp3) is 0.588. The molecule has 6 heteroatoms. The Bertz CT molecular complexity index is 699. The number of carbonyl (C=O) groups is 1. The molecule has 2 rings (SSSR count). The van der Waals surface area contributed by atoms with Crippen molar-refractivity contribution in [2.75, 3.05) is 26.0 Å². The van der Waals surface area contributed by atoms with Gasteiger partial charge >= 0.3 is 0 Å². The van der Waals surface area contributed by atoms with Crippen LogP contribution in [0.1, 0.15) is 43.1 Å². The zero-order chi connectivity index (χ0) is 17.3. The Balaban J connectivity index is 2.43. The Hall–Kier alpha value is -1.40. The van der Waals surface area contributed by atoms with Crippen molar-refractivity contribution in [2.24, 2.45) is 0 Å². The molecule has 1 fully saturated rings. The van der Waals surface area contributed by atoms with Crippen LogP contribution in [0.2, 0.25) is 0 Å². The van der Waals surface area contributed by atoms with Gasteiger partial charge in [-0.2, -0.15) is 0 Å². The van der Waals surface area contributed by atoms with Crippen LogP contribution >= 0.6 is 0 Å². The Morgan fingerprint density at radius 2 is 2.04 bits per heavy atom. The summed E-state index contributed by atoms with van der Waals surface area (Å²) >= 11 is 0. The van der Waals surface area contributed by atoms with Gasteiger partial charge in [0, 0.05) is 18.4 Å². The first kappa shape index (κ1) is 17.9. The van der Waals surface area contributed by atoms with Crippen molar-refractivity contribution in [1.82, 2.24) is 4.90 Å². The summed E-state index contributed by atoms with van der Waals surface area (Å²) in [6, 6.07) is 4.98. The van der Waals surface area contributed by atoms with Crippen LogP contribution in [0.4, 0.5) is 0 Å². The smallest absolute Gasteiger partial charge is 0.254 e. The molecule has 1 aliphatic heterocycles. The maximum absolute atomic E-state index is 12.9. The summed E-state index contributed by atoms with van der Waals surface area (Å²) < 4.78 is 29.5. The fourth-order valence-electron chi connectivity index (χ4n) is 2.92. The van der Waals surface area contributed by atoms with Crippen molar-refractivity contribution < 1.29 is 17.9 Å². The van der Waals surface area contributed by atoms with E-state index in [1.165, 1.54) is 12.3 Å². The summed E-state index contributed by atoms with van der Waals surface area (Å²) in [6.07, 6.45) is 2.58. The SMILES string of the molecule is CCc1ccc(C(=O)N2CCOCC2(C)CC)cc1S(C)(=O)=O. The van der Waals surface area contributed by atoms with Gasteiger partial charge in [0.05, 0.1) is 23.6 Å². The third kappa shape index (κ3) is 3.58. The number of hydrogen-bond donors (Lipinski definition) is 0. The minimum absolute atomic E-state index is 0.134. The molecule has 1 atom stereocenters. The lowest BCUT2D eigenvalue weighted by Gasteiger charge is -2.44. The van der Waals surface area contributed by atoms with Crippen LogP contribution in [-0.4, -0.2) is 50.8 Å². The quantitative estimate of drug-likeness (QED) is 0.844. The van der Waals surface area contributed by atoms with E-state index < -0.39 is 9.84 Å². The third-order valence-corrected chi connectivity index (χ3v) is 5.80. The Morgan fingerprint density at radius 3 is 2.61 bits per heavy atom. The second-order valence-electron chi connectivity index (χ2n) is 6.31. The predicted molar refractivity (Wildman–Crippen MR) is 89.5 cm³/mol. The van der Waals surface area contributed by atoms with Crippen LogP contribution in [0.15, 0.2) is 23.1 Å². The molecule has 1 amide bonds. The van der Waals surface area contributed by atoms with Crippen LogP contribution in [0.3, 0.4) is 0 Å². The maximum Gasteiger partial charge on any atom is 0.254 e. The molecule has 128 valence electrons. The molecule has 0 bridgehead atoms. The highest BCUT2D eigenvalue weighted by Crippen LogP contribution is 2.27. The molecule has 1 heterocycles. The van der Waals surface area contributed by atoms with Gasteiger partial charge in [-0.1, -0.05) is 19.9 Å². The molecule has 0 N–H and O–H groups in total. The van der Waals surface area contributed by atoms with Crippen molar-refractivity contribution in [3.63, 3.8) is 0 Å². The van der Waals surface area contributed by atoms with Gasteiger partial charge < -0.3 is 9.64 Å². The molecule has 1 aromatic carbocycles. The largest absolute Gasteiger partial charge is 0.377 e. The number of hydrogen-bond acceptors (Lipinski definition) is 4. The van der Waals surface area contributed by atoms with E-state index in [1.807, 2.05) is 25.7 Å². The minimum atomic E-state index is -3.36. The Labute approximate surface area is 138 Å². The lowest BCUT2D eigenvalue weighted by Crippen LogP contribution is -2.57. The van der Waals surface area contributed by atoms with Gasteiger partial charge in [-0.05, 0) is 37.5 Å². The van der Waals surface area contributed by atoms with Crippen molar-refractivity contribution in [3.8, 4) is 0 Å². The summed E-state index contributed by atoms with van der Waals surface area (Å²) in [6.45, 7) is 7.46. The second kappa shape index (κ2) is 6.61. The van der Waals surface area contributed by atoms with E-state index in [-0.39, 0.29) is 16.3 Å². The lowest BCUT2D eigenvalue weighted by atomic mass is 9.95. The lowest BCUT2D eigenvalue weighted by molar-refractivity contribution is -0.0465. The number of rotatable bonds is 4. The van der Waals surface area contributed by atoms with Gasteiger partial charge in [0.15, 0.2) is 9.84 Å². The summed E-state index contributed by atoms with van der Waals surface area (Å²) in [5.74, 6) is -0.134. The van der Waals surface area contributed by atoms with Gasteiger partial charge in [-0.25, -0.2) is 8.42 Å². The molecular formula is C17H25NO4S. The van der Waals surface area contributed by atoms with E-state index in [0.717, 1.165) is 12.0 Å². The average molecular weight is 339 g/mol. The summed E-state index contributed by atoms with van der Waals surface area (Å²) in [4.78, 5) is 15.0. The first-order chi connectivity index (χ1) is 10.7. The highest BCUT2D eigenvalue weighted by atomic mass is 32.2. The molecule has 0 saturated carbocycles. The first-order valence-electron chi connectivity index (χ1n) is 7.95. The number of ether oxygens (including phenoxy) is 1. The highest BCUT2D eigenvalue weighted by Gasteiger charge is 2.37. The molecule has 0 radical (unpaired) electrons. The maximum atomic E-state index is 12.9. The number of sulfone groups is 1. The first-order valence-corrected chi connectivity index (χ1v) is 9.84. The fourth-order valence-corrected chi connectivity index (χ4v) is 3.95. The van der Waals surface area contributed by atoms with Gasteiger partial charge in [0.1, 0.15) is 0 Å². The zero-order valence-electron chi connectivity index (χ0n) is 14.3. The van der Waals surface area contributed by atoms with Crippen molar-refractivity contribution >= 4 is 15.7 Å². The average Bonchev–Trinajstić information content (AvgIpc) is 2.53. The van der Waals surface area contributed by atoms with Crippen molar-refractivity contribution in [3.05, 3.63) is 29.3 Å². The molecule has 0 aliphatic carbocycles. The van der Waals surface area contributed by atoms with Crippen LogP contribution in [0.25, 0.3) is 0 Å². The number of aryl methyl sites for hydroxylation is 1. The normalized spacial score (nSPS) is 22.2. The van der Waals surface area contributed by atoms with E-state index in [9.17, 15) is 13.2 Å². The number of benzene rings is 1. The topological polar surface area (TPSA) is 63.7 Å². The number of nitrogens with zero attached hydrogens (tertiary/aromatic N) is 1. The standard InChI is InChI=1S/C17H25NO4S/c1-5-13-7-8-14(11-15(13)23(4,20)21)16(19)18-9-10-22-12-17(18,3)6-2/h7-8,11H,5-6,9-10,12H2,1-4H3. The molecule has 0 spiro atoms. The van der Waals surface area contributed by atoms with Crippen LogP contribution in [0.5, 0.6) is 0 Å². The number of carbonyl (C=O) groups excluding carboxylic acids is 1. The van der Waals surface area contributed by atoms with Crippen molar-refractivity contribution in [1.29, 1.82) is 0 Å². The Kier molecular flexibility index (Phi) is 5.16. The molecule has 0 aromatic heterocycles. The van der Waals surface area contributed by atoms with Gasteiger partial charge in [0.2, 0.25) is 0 Å². The van der Waals surface area contributed by atoms with Crippen LogP contribution in [-0.2, 0) is 21.0 Å². The summed E-state index contributed by atoms with van der Waals surface area (Å²) in [7, 11) is -3.36. The molecule has 1 saturated heterocycles. The van der Waals surface area contributed by atoms with Crippen LogP contribution in [0, 0.1) is 0 Å². The van der Waals surface area contributed by atoms with Crippen LogP contribution < -0.4 is 0 Å². The van der Waals surface area contributed by atoms with Gasteiger partial charge in [-0.15, -0.1) is 0 Å². The van der Waals surface area contributed by atoms with E-state index in [4.69, 9.17) is 4.74 Å². The summed E-state index contributed by atoms with van der Waals surface area (Å²) in [5, 5.41) is 0. The molecule has 1 aliphatic rings. The summed E-state index contributed by atoms with van der Waals surface area (Å²) in [5.41, 5.74) is 0.804. The molecule has 1 unspecified atom stereocenters. The number of amides is 1. The molecule has 1 aromatic rings. The van der Waals surface area contributed by atoms with E-state index in [0.29, 0.717) is 31.7 Å². The van der Waals surface area contributed by atoms with E-state index in [1.54, 1.807) is 12.1 Å². The zero-order valence-corrected chi connectivity index (χ0v) is 15.1. The van der Waals surface area contributed by atoms with Crippen molar-refractivity contribution in [2.45, 2.75) is 44.0 Å². The molecular weight excluding hydrogens is 314 g/mol. The monoisotopic (exact) mass is 339 g/mol.